The van der Waals surface area contributed by atoms with E-state index in [1.54, 1.807) is 46.1 Å². The number of H-pyrrole nitrogens is 1. The number of aryl methyl sites for hydroxylation is 1. The molecule has 33 heavy (non-hydrogen) atoms. The van der Waals surface area contributed by atoms with Crippen molar-refractivity contribution in [3.8, 4) is 6.07 Å². The number of rotatable bonds is 7. The molecule has 0 aliphatic carbocycles. The summed E-state index contributed by atoms with van der Waals surface area (Å²) in [5.74, 6) is -0.247. The highest BCUT2D eigenvalue weighted by Gasteiger charge is 2.33. The van der Waals surface area contributed by atoms with Crippen molar-refractivity contribution in [2.45, 2.75) is 56.1 Å². The predicted octanol–water partition coefficient (Wildman–Crippen LogP) is 3.63. The Morgan fingerprint density at radius 3 is 2.91 bits per heavy atom. The summed E-state index contributed by atoms with van der Waals surface area (Å²) in [6.45, 7) is 2.92. The van der Waals surface area contributed by atoms with Gasteiger partial charge in [0.15, 0.2) is 0 Å². The molecule has 1 saturated heterocycles. The fraction of sp³-hybridized carbons (Fsp3) is 0.391. The van der Waals surface area contributed by atoms with Crippen LogP contribution in [-0.4, -0.2) is 47.4 Å². The Labute approximate surface area is 198 Å². The Balaban J connectivity index is 1.65. The maximum Gasteiger partial charge on any atom is 0.242 e. The third-order valence-electron chi connectivity index (χ3n) is 6.19. The van der Waals surface area contributed by atoms with Gasteiger partial charge in [0.1, 0.15) is 17.8 Å². The maximum absolute atomic E-state index is 13.5. The second-order valence-electron chi connectivity index (χ2n) is 8.35. The quantitative estimate of drug-likeness (QED) is 0.530. The highest BCUT2D eigenvalue weighted by molar-refractivity contribution is 7.89. The molecule has 10 heteroatoms. The Morgan fingerprint density at radius 2 is 2.15 bits per heavy atom. The number of amides is 1. The Kier molecular flexibility index (Phi) is 6.79. The molecular weight excluding hydrogens is 462 g/mol. The van der Waals surface area contributed by atoms with E-state index in [0.717, 1.165) is 19.3 Å². The molecule has 1 amide bonds. The Hall–Kier alpha value is -2.80. The molecule has 3 heterocycles. The van der Waals surface area contributed by atoms with E-state index in [0.29, 0.717) is 34.7 Å². The van der Waals surface area contributed by atoms with E-state index in [4.69, 9.17) is 11.6 Å². The van der Waals surface area contributed by atoms with E-state index < -0.39 is 16.1 Å². The number of carbonyl (C=O) groups excluding carboxylic acids is 1. The molecule has 0 bridgehead atoms. The van der Waals surface area contributed by atoms with Crippen LogP contribution in [0.15, 0.2) is 47.6 Å². The van der Waals surface area contributed by atoms with Crippen molar-refractivity contribution in [3.05, 3.63) is 53.4 Å². The number of carbonyl (C=O) groups is 1. The SMILES string of the molecule is CC1CCCCN1C(=O)C(CCn1cccc1C#N)NS(=O)(=O)c1cccc2[nH]cc(Cl)c12. The van der Waals surface area contributed by atoms with Crippen molar-refractivity contribution in [1.82, 2.24) is 19.2 Å². The standard InChI is InChI=1S/C23H26ClN5O3S/c1-16-6-2-3-12-29(16)23(30)20(10-13-28-11-5-7-17(28)14-25)27-33(31,32)21-9-4-8-19-22(21)18(24)15-26-19/h4-5,7-9,11,15-16,20,26-27H,2-3,6,10,12-13H2,1H3. The fourth-order valence-electron chi connectivity index (χ4n) is 4.42. The highest BCUT2D eigenvalue weighted by atomic mass is 35.5. The number of aromatic nitrogens is 2. The minimum absolute atomic E-state index is 0.0226. The van der Waals surface area contributed by atoms with Crippen LogP contribution in [0.1, 0.15) is 38.3 Å². The van der Waals surface area contributed by atoms with Crippen LogP contribution in [0.25, 0.3) is 10.9 Å². The second-order valence-corrected chi connectivity index (χ2v) is 10.4. The normalized spacial score (nSPS) is 17.7. The van der Waals surface area contributed by atoms with Crippen molar-refractivity contribution >= 4 is 38.4 Å². The van der Waals surface area contributed by atoms with Crippen LogP contribution in [0.3, 0.4) is 0 Å². The predicted molar refractivity (Wildman–Crippen MR) is 126 cm³/mol. The van der Waals surface area contributed by atoms with E-state index in [-0.39, 0.29) is 23.3 Å². The molecule has 1 fully saturated rings. The van der Waals surface area contributed by atoms with E-state index in [1.807, 2.05) is 6.92 Å². The van der Waals surface area contributed by atoms with Crippen LogP contribution in [0.5, 0.6) is 0 Å². The summed E-state index contributed by atoms with van der Waals surface area (Å²) in [5.41, 5.74) is 1.06. The first-order chi connectivity index (χ1) is 15.8. The molecule has 1 aromatic carbocycles. The van der Waals surface area contributed by atoms with Gasteiger partial charge in [0.2, 0.25) is 15.9 Å². The van der Waals surface area contributed by atoms with Crippen LogP contribution in [0, 0.1) is 11.3 Å². The number of aromatic amines is 1. The number of nitrogens with one attached hydrogen (secondary N) is 2. The molecule has 4 rings (SSSR count). The van der Waals surface area contributed by atoms with Crippen molar-refractivity contribution in [3.63, 3.8) is 0 Å². The summed E-state index contributed by atoms with van der Waals surface area (Å²) in [7, 11) is -4.06. The van der Waals surface area contributed by atoms with Gasteiger partial charge in [0, 0.05) is 42.4 Å². The van der Waals surface area contributed by atoms with Gasteiger partial charge in [-0.2, -0.15) is 9.98 Å². The molecule has 1 aliphatic heterocycles. The topological polar surface area (TPSA) is 111 Å². The van der Waals surface area contributed by atoms with Crippen molar-refractivity contribution < 1.29 is 13.2 Å². The average Bonchev–Trinajstić information content (AvgIpc) is 3.42. The monoisotopic (exact) mass is 487 g/mol. The number of halogens is 1. The lowest BCUT2D eigenvalue weighted by molar-refractivity contribution is -0.136. The fourth-order valence-corrected chi connectivity index (χ4v) is 6.20. The van der Waals surface area contributed by atoms with Gasteiger partial charge in [0.05, 0.1) is 9.92 Å². The Morgan fingerprint density at radius 1 is 1.33 bits per heavy atom. The molecule has 174 valence electrons. The lowest BCUT2D eigenvalue weighted by Gasteiger charge is -2.36. The zero-order chi connectivity index (χ0) is 23.6. The zero-order valence-corrected chi connectivity index (χ0v) is 19.9. The van der Waals surface area contributed by atoms with Gasteiger partial charge in [0.25, 0.3) is 0 Å². The summed E-state index contributed by atoms with van der Waals surface area (Å²) in [4.78, 5) is 18.2. The summed E-state index contributed by atoms with van der Waals surface area (Å²) < 4.78 is 31.3. The van der Waals surface area contributed by atoms with Gasteiger partial charge in [-0.1, -0.05) is 17.7 Å². The molecule has 1 aliphatic rings. The van der Waals surface area contributed by atoms with Gasteiger partial charge < -0.3 is 14.5 Å². The van der Waals surface area contributed by atoms with E-state index in [1.165, 1.54) is 6.07 Å². The van der Waals surface area contributed by atoms with Crippen LogP contribution in [0.2, 0.25) is 5.02 Å². The number of benzene rings is 1. The number of nitrogens with zero attached hydrogens (tertiary/aromatic N) is 3. The van der Waals surface area contributed by atoms with Crippen molar-refractivity contribution in [1.29, 1.82) is 5.26 Å². The van der Waals surface area contributed by atoms with Crippen molar-refractivity contribution in [2.24, 2.45) is 0 Å². The maximum atomic E-state index is 13.5. The first kappa shape index (κ1) is 23.4. The van der Waals surface area contributed by atoms with Crippen LogP contribution in [0.4, 0.5) is 0 Å². The first-order valence-electron chi connectivity index (χ1n) is 11.0. The zero-order valence-electron chi connectivity index (χ0n) is 18.3. The number of piperidine rings is 1. The number of hydrogen-bond donors (Lipinski definition) is 2. The molecule has 2 aromatic heterocycles. The van der Waals surface area contributed by atoms with Gasteiger partial charge in [-0.3, -0.25) is 4.79 Å². The first-order valence-corrected chi connectivity index (χ1v) is 12.8. The number of fused-ring (bicyclic) bond motifs is 1. The molecule has 8 nitrogen and oxygen atoms in total. The summed E-state index contributed by atoms with van der Waals surface area (Å²) in [6.07, 6.45) is 6.33. The lowest BCUT2D eigenvalue weighted by Crippen LogP contribution is -2.52. The van der Waals surface area contributed by atoms with Crippen molar-refractivity contribution in [2.75, 3.05) is 6.54 Å². The van der Waals surface area contributed by atoms with Gasteiger partial charge in [-0.15, -0.1) is 0 Å². The molecule has 2 N–H and O–H groups in total. The van der Waals surface area contributed by atoms with Crippen LogP contribution >= 0.6 is 11.6 Å². The number of sulfonamides is 1. The molecule has 0 radical (unpaired) electrons. The van der Waals surface area contributed by atoms with Gasteiger partial charge >= 0.3 is 0 Å². The van der Waals surface area contributed by atoms with E-state index in [2.05, 4.69) is 15.8 Å². The highest BCUT2D eigenvalue weighted by Crippen LogP contribution is 2.30. The van der Waals surface area contributed by atoms with Crippen LogP contribution < -0.4 is 4.72 Å². The number of hydrogen-bond acceptors (Lipinski definition) is 4. The summed E-state index contributed by atoms with van der Waals surface area (Å²) in [5, 5.41) is 9.97. The molecule has 0 saturated carbocycles. The Bertz CT molecular complexity index is 1310. The largest absolute Gasteiger partial charge is 0.360 e. The van der Waals surface area contributed by atoms with Crippen LogP contribution in [-0.2, 0) is 21.4 Å². The third kappa shape index (κ3) is 4.78. The minimum Gasteiger partial charge on any atom is -0.360 e. The molecule has 0 spiro atoms. The van der Waals surface area contributed by atoms with Gasteiger partial charge in [-0.25, -0.2) is 8.42 Å². The number of nitriles is 1. The summed E-state index contributed by atoms with van der Waals surface area (Å²) >= 11 is 6.25. The smallest absolute Gasteiger partial charge is 0.242 e. The van der Waals surface area contributed by atoms with Gasteiger partial charge in [-0.05, 0) is 56.9 Å². The molecular formula is C23H26ClN5O3S. The average molecular weight is 488 g/mol. The third-order valence-corrected chi connectivity index (χ3v) is 8.01. The molecule has 3 aromatic rings. The van der Waals surface area contributed by atoms with E-state index >= 15 is 0 Å². The van der Waals surface area contributed by atoms with E-state index in [9.17, 15) is 18.5 Å². The lowest BCUT2D eigenvalue weighted by atomic mass is 10.0. The second kappa shape index (κ2) is 9.59. The molecule has 2 unspecified atom stereocenters. The molecule has 2 atom stereocenters. The summed E-state index contributed by atoms with van der Waals surface area (Å²) in [6, 6.07) is 9.47. The minimum atomic E-state index is -4.06. The number of likely N-dealkylation sites (tertiary alicyclic amines) is 1.